The van der Waals surface area contributed by atoms with E-state index in [1.165, 1.54) is 11.8 Å². The van der Waals surface area contributed by atoms with Crippen LogP contribution in [-0.4, -0.2) is 25.8 Å². The van der Waals surface area contributed by atoms with Gasteiger partial charge in [0.05, 0.1) is 5.25 Å². The largest absolute Gasteiger partial charge is 0.486 e. The second-order valence-electron chi connectivity index (χ2n) is 5.52. The van der Waals surface area contributed by atoms with Gasteiger partial charge >= 0.3 is 0 Å². The molecule has 7 heteroatoms. The minimum atomic E-state index is 0.0108. The molecule has 1 unspecified atom stereocenters. The molecule has 0 N–H and O–H groups in total. The Morgan fingerprint density at radius 1 is 1.30 bits per heavy atom. The topological polar surface area (TPSA) is 57.0 Å². The Bertz CT molecular complexity index is 687. The van der Waals surface area contributed by atoms with E-state index in [0.717, 1.165) is 36.0 Å². The molecule has 0 aliphatic heterocycles. The van der Waals surface area contributed by atoms with E-state index in [4.69, 9.17) is 16.3 Å². The van der Waals surface area contributed by atoms with Crippen LogP contribution in [0.1, 0.15) is 31.5 Å². The summed E-state index contributed by atoms with van der Waals surface area (Å²) in [5.74, 6) is 1.78. The molecule has 122 valence electrons. The normalized spacial score (nSPS) is 18.2. The number of hydrogen-bond acceptors (Lipinski definition) is 5. The molecule has 1 aliphatic carbocycles. The summed E-state index contributed by atoms with van der Waals surface area (Å²) in [7, 11) is 1.90. The average molecular weight is 352 g/mol. The van der Waals surface area contributed by atoms with Gasteiger partial charge in [0.1, 0.15) is 18.1 Å². The molecule has 1 aromatic carbocycles. The van der Waals surface area contributed by atoms with Crippen LogP contribution in [0.2, 0.25) is 5.02 Å². The Balaban J connectivity index is 1.62. The molecule has 0 radical (unpaired) electrons. The van der Waals surface area contributed by atoms with Crippen LogP contribution < -0.4 is 4.74 Å². The Labute approximate surface area is 144 Å². The number of ether oxygens (including phenoxy) is 1. The summed E-state index contributed by atoms with van der Waals surface area (Å²) in [5.41, 5.74) is 0. The number of benzene rings is 1. The maximum absolute atomic E-state index is 11.9. The Morgan fingerprint density at radius 2 is 2.09 bits per heavy atom. The summed E-state index contributed by atoms with van der Waals surface area (Å²) >= 11 is 7.36. The number of halogens is 1. The zero-order valence-corrected chi connectivity index (χ0v) is 14.4. The first-order valence-electron chi connectivity index (χ1n) is 7.59. The molecule has 0 amide bonds. The third-order valence-electron chi connectivity index (χ3n) is 3.85. The molecule has 1 saturated carbocycles. The number of nitrogens with zero attached hydrogens (tertiary/aromatic N) is 3. The number of carbonyl (C=O) groups is 1. The Hall–Kier alpha value is -1.53. The van der Waals surface area contributed by atoms with E-state index >= 15 is 0 Å². The highest BCUT2D eigenvalue weighted by atomic mass is 35.5. The third-order valence-corrected chi connectivity index (χ3v) is 5.45. The lowest BCUT2D eigenvalue weighted by Gasteiger charge is -2.19. The van der Waals surface area contributed by atoms with Gasteiger partial charge in [-0.2, -0.15) is 0 Å². The molecule has 1 heterocycles. The van der Waals surface area contributed by atoms with Crippen LogP contribution in [0.15, 0.2) is 29.4 Å². The van der Waals surface area contributed by atoms with Crippen molar-refractivity contribution in [2.75, 3.05) is 0 Å². The lowest BCUT2D eigenvalue weighted by atomic mass is 9.99. The highest BCUT2D eigenvalue weighted by molar-refractivity contribution is 8.00. The highest BCUT2D eigenvalue weighted by Gasteiger charge is 2.25. The molecule has 1 fully saturated rings. The van der Waals surface area contributed by atoms with Gasteiger partial charge < -0.3 is 9.30 Å². The molecular formula is C16H18ClN3O2S. The second kappa shape index (κ2) is 7.36. The summed E-state index contributed by atoms with van der Waals surface area (Å²) in [6.45, 7) is 0.324. The standard InChI is InChI=1S/C16H18ClN3O2S/c1-20-15(10-22-12-8-6-11(17)7-9-12)18-19-16(20)23-14-5-3-2-4-13(14)21/h6-9,14H,2-5,10H2,1H3. The van der Waals surface area contributed by atoms with E-state index in [1.54, 1.807) is 12.1 Å². The van der Waals surface area contributed by atoms with Crippen molar-refractivity contribution >= 4 is 29.1 Å². The van der Waals surface area contributed by atoms with Gasteiger partial charge in [0.2, 0.25) is 0 Å². The van der Waals surface area contributed by atoms with Crippen molar-refractivity contribution in [3.05, 3.63) is 35.1 Å². The first-order chi connectivity index (χ1) is 11.1. The molecule has 2 aromatic rings. The molecule has 1 aliphatic rings. The predicted octanol–water partition coefficient (Wildman–Crippen LogP) is 3.65. The van der Waals surface area contributed by atoms with Crippen molar-refractivity contribution in [3.8, 4) is 5.75 Å². The van der Waals surface area contributed by atoms with Gasteiger partial charge in [-0.3, -0.25) is 4.79 Å². The minimum Gasteiger partial charge on any atom is -0.486 e. The third kappa shape index (κ3) is 4.06. The fraction of sp³-hybridized carbons (Fsp3) is 0.438. The first kappa shape index (κ1) is 16.3. The highest BCUT2D eigenvalue weighted by Crippen LogP contribution is 2.30. The summed E-state index contributed by atoms with van der Waals surface area (Å²) in [6, 6.07) is 7.19. The molecule has 23 heavy (non-hydrogen) atoms. The van der Waals surface area contributed by atoms with Crippen molar-refractivity contribution in [2.45, 2.75) is 42.7 Å². The van der Waals surface area contributed by atoms with Crippen molar-refractivity contribution < 1.29 is 9.53 Å². The predicted molar refractivity (Wildman–Crippen MR) is 89.9 cm³/mol. The number of hydrogen-bond donors (Lipinski definition) is 0. The van der Waals surface area contributed by atoms with Crippen molar-refractivity contribution in [2.24, 2.45) is 7.05 Å². The zero-order valence-electron chi connectivity index (χ0n) is 12.9. The molecule has 3 rings (SSSR count). The minimum absolute atomic E-state index is 0.0108. The van der Waals surface area contributed by atoms with Gasteiger partial charge in [-0.05, 0) is 37.1 Å². The number of thioether (sulfide) groups is 1. The van der Waals surface area contributed by atoms with Crippen LogP contribution in [0.3, 0.4) is 0 Å². The van der Waals surface area contributed by atoms with E-state index in [9.17, 15) is 4.79 Å². The first-order valence-corrected chi connectivity index (χ1v) is 8.85. The maximum Gasteiger partial charge on any atom is 0.191 e. The van der Waals surface area contributed by atoms with Gasteiger partial charge in [-0.15, -0.1) is 10.2 Å². The fourth-order valence-corrected chi connectivity index (χ4v) is 3.72. The summed E-state index contributed by atoms with van der Waals surface area (Å²) < 4.78 is 7.59. The molecule has 0 bridgehead atoms. The second-order valence-corrected chi connectivity index (χ2v) is 7.13. The Morgan fingerprint density at radius 3 is 2.83 bits per heavy atom. The smallest absolute Gasteiger partial charge is 0.191 e. The van der Waals surface area contributed by atoms with E-state index in [0.29, 0.717) is 23.8 Å². The number of aromatic nitrogens is 3. The summed E-state index contributed by atoms with van der Waals surface area (Å²) in [5, 5.41) is 9.81. The van der Waals surface area contributed by atoms with Crippen LogP contribution >= 0.6 is 23.4 Å². The van der Waals surface area contributed by atoms with E-state index in [2.05, 4.69) is 10.2 Å². The fourth-order valence-electron chi connectivity index (χ4n) is 2.45. The van der Waals surface area contributed by atoms with Gasteiger partial charge in [0.15, 0.2) is 11.0 Å². The zero-order chi connectivity index (χ0) is 16.2. The van der Waals surface area contributed by atoms with Crippen molar-refractivity contribution in [1.82, 2.24) is 14.8 Å². The van der Waals surface area contributed by atoms with Gasteiger partial charge in [0.25, 0.3) is 0 Å². The monoisotopic (exact) mass is 351 g/mol. The van der Waals surface area contributed by atoms with Crippen LogP contribution in [0.25, 0.3) is 0 Å². The van der Waals surface area contributed by atoms with Gasteiger partial charge in [-0.1, -0.05) is 29.8 Å². The number of rotatable bonds is 5. The van der Waals surface area contributed by atoms with E-state index in [1.807, 2.05) is 23.7 Å². The van der Waals surface area contributed by atoms with Crippen LogP contribution in [0.5, 0.6) is 5.75 Å². The maximum atomic E-state index is 11.9. The molecule has 0 spiro atoms. The van der Waals surface area contributed by atoms with Crippen molar-refractivity contribution in [1.29, 1.82) is 0 Å². The van der Waals surface area contributed by atoms with Gasteiger partial charge in [0, 0.05) is 18.5 Å². The molecule has 0 saturated heterocycles. The number of carbonyl (C=O) groups excluding carboxylic acids is 1. The molecular weight excluding hydrogens is 334 g/mol. The van der Waals surface area contributed by atoms with E-state index < -0.39 is 0 Å². The van der Waals surface area contributed by atoms with Crippen molar-refractivity contribution in [3.63, 3.8) is 0 Å². The van der Waals surface area contributed by atoms with Crippen LogP contribution in [0.4, 0.5) is 0 Å². The van der Waals surface area contributed by atoms with Crippen LogP contribution in [0, 0.1) is 0 Å². The average Bonchev–Trinajstić information content (AvgIpc) is 2.90. The number of Topliss-reactive ketones (excluding diaryl/α,β-unsaturated/α-hetero) is 1. The SMILES string of the molecule is Cn1c(COc2ccc(Cl)cc2)nnc1SC1CCCCC1=O. The lowest BCUT2D eigenvalue weighted by Crippen LogP contribution is -2.21. The molecule has 1 aromatic heterocycles. The molecule has 5 nitrogen and oxygen atoms in total. The van der Waals surface area contributed by atoms with E-state index in [-0.39, 0.29) is 5.25 Å². The molecule has 1 atom stereocenters. The number of ketones is 1. The van der Waals surface area contributed by atoms with Crippen LogP contribution in [-0.2, 0) is 18.4 Å². The Kier molecular flexibility index (Phi) is 5.23. The lowest BCUT2D eigenvalue weighted by molar-refractivity contribution is -0.119. The van der Waals surface area contributed by atoms with Gasteiger partial charge in [-0.25, -0.2) is 0 Å². The quantitative estimate of drug-likeness (QED) is 0.822. The summed E-state index contributed by atoms with van der Waals surface area (Å²) in [6.07, 6.45) is 3.72. The summed E-state index contributed by atoms with van der Waals surface area (Å²) in [4.78, 5) is 11.9.